The summed E-state index contributed by atoms with van der Waals surface area (Å²) < 4.78 is 64.1. The molecule has 162 valence electrons. The van der Waals surface area contributed by atoms with Gasteiger partial charge in [0, 0.05) is 29.1 Å². The summed E-state index contributed by atoms with van der Waals surface area (Å²) in [5.41, 5.74) is 0.500. The van der Waals surface area contributed by atoms with E-state index in [0.29, 0.717) is 5.75 Å². The monoisotopic (exact) mass is 448 g/mol. The summed E-state index contributed by atoms with van der Waals surface area (Å²) >= 11 is 0. The van der Waals surface area contributed by atoms with Crippen LogP contribution in [-0.4, -0.2) is 28.5 Å². The van der Waals surface area contributed by atoms with Crippen LogP contribution in [0.2, 0.25) is 0 Å². The van der Waals surface area contributed by atoms with Crippen molar-refractivity contribution in [1.29, 1.82) is 0 Å². The summed E-state index contributed by atoms with van der Waals surface area (Å²) in [7, 11) is -1.09. The molecular formula is C21H18F2N2O5S. The average Bonchev–Trinajstić information content (AvgIpc) is 2.76. The number of anilines is 2. The van der Waals surface area contributed by atoms with Crippen LogP contribution in [-0.2, 0) is 10.0 Å². The van der Waals surface area contributed by atoms with Crippen molar-refractivity contribution in [2.45, 2.75) is 4.90 Å². The largest absolute Gasteiger partial charge is 0.493 e. The Morgan fingerprint density at radius 1 is 0.806 bits per heavy atom. The SMILES string of the molecule is COc1ccc(S(=O)(=O)Nc2ccc(C(=O)Nc3ccc(F)c(F)c3)cc2)cc1OC. The van der Waals surface area contributed by atoms with Gasteiger partial charge in [0.25, 0.3) is 15.9 Å². The van der Waals surface area contributed by atoms with Gasteiger partial charge in [-0.3, -0.25) is 9.52 Å². The van der Waals surface area contributed by atoms with E-state index in [0.717, 1.165) is 12.1 Å². The van der Waals surface area contributed by atoms with Crippen molar-refractivity contribution in [2.24, 2.45) is 0 Å². The van der Waals surface area contributed by atoms with Crippen molar-refractivity contribution in [3.05, 3.63) is 77.9 Å². The fourth-order valence-electron chi connectivity index (χ4n) is 2.66. The number of ether oxygens (including phenoxy) is 2. The molecule has 0 aliphatic rings. The summed E-state index contributed by atoms with van der Waals surface area (Å²) in [6.45, 7) is 0. The summed E-state index contributed by atoms with van der Waals surface area (Å²) in [5, 5.41) is 2.43. The van der Waals surface area contributed by atoms with E-state index in [-0.39, 0.29) is 27.6 Å². The van der Waals surface area contributed by atoms with E-state index in [1.54, 1.807) is 0 Å². The molecular weight excluding hydrogens is 430 g/mol. The molecule has 0 bridgehead atoms. The molecule has 10 heteroatoms. The van der Waals surface area contributed by atoms with Gasteiger partial charge < -0.3 is 14.8 Å². The molecule has 3 rings (SSSR count). The lowest BCUT2D eigenvalue weighted by Gasteiger charge is -2.12. The van der Waals surface area contributed by atoms with Gasteiger partial charge in [-0.1, -0.05) is 0 Å². The van der Waals surface area contributed by atoms with E-state index in [9.17, 15) is 22.0 Å². The molecule has 0 radical (unpaired) electrons. The van der Waals surface area contributed by atoms with Crippen LogP contribution in [0, 0.1) is 11.6 Å². The fourth-order valence-corrected chi connectivity index (χ4v) is 3.74. The second-order valence-corrected chi connectivity index (χ2v) is 7.97. The first-order valence-electron chi connectivity index (χ1n) is 8.85. The minimum atomic E-state index is -3.92. The maximum atomic E-state index is 13.3. The second kappa shape index (κ2) is 9.00. The van der Waals surface area contributed by atoms with E-state index in [4.69, 9.17) is 9.47 Å². The lowest BCUT2D eigenvalue weighted by Crippen LogP contribution is -2.14. The van der Waals surface area contributed by atoms with Crippen LogP contribution in [0.4, 0.5) is 20.2 Å². The Labute approximate surface area is 177 Å². The minimum Gasteiger partial charge on any atom is -0.493 e. The van der Waals surface area contributed by atoms with Crippen LogP contribution in [0.3, 0.4) is 0 Å². The van der Waals surface area contributed by atoms with Crippen molar-refractivity contribution in [3.63, 3.8) is 0 Å². The van der Waals surface area contributed by atoms with E-state index >= 15 is 0 Å². The Bertz CT molecular complexity index is 1210. The van der Waals surface area contributed by atoms with E-state index < -0.39 is 27.6 Å². The number of rotatable bonds is 7. The van der Waals surface area contributed by atoms with E-state index in [2.05, 4.69) is 10.0 Å². The van der Waals surface area contributed by atoms with Crippen LogP contribution in [0.5, 0.6) is 11.5 Å². The summed E-state index contributed by atoms with van der Waals surface area (Å²) in [6, 6.07) is 12.7. The molecule has 1 amide bonds. The topological polar surface area (TPSA) is 93.7 Å². The molecule has 0 aliphatic heterocycles. The molecule has 3 aromatic rings. The third-order valence-corrected chi connectivity index (χ3v) is 5.62. The highest BCUT2D eigenvalue weighted by atomic mass is 32.2. The van der Waals surface area contributed by atoms with E-state index in [1.165, 1.54) is 62.8 Å². The molecule has 0 atom stereocenters. The molecule has 7 nitrogen and oxygen atoms in total. The molecule has 0 fully saturated rings. The molecule has 31 heavy (non-hydrogen) atoms. The van der Waals surface area contributed by atoms with Crippen LogP contribution in [0.25, 0.3) is 0 Å². The van der Waals surface area contributed by atoms with Crippen molar-refractivity contribution in [2.75, 3.05) is 24.3 Å². The second-order valence-electron chi connectivity index (χ2n) is 6.28. The third kappa shape index (κ3) is 5.10. The zero-order chi connectivity index (χ0) is 22.6. The van der Waals surface area contributed by atoms with Gasteiger partial charge in [0.05, 0.1) is 19.1 Å². The highest BCUT2D eigenvalue weighted by Gasteiger charge is 2.18. The number of carbonyl (C=O) groups is 1. The first kappa shape index (κ1) is 22.0. The van der Waals surface area contributed by atoms with Gasteiger partial charge >= 0.3 is 0 Å². The molecule has 0 saturated heterocycles. The molecule has 0 saturated carbocycles. The molecule has 2 N–H and O–H groups in total. The van der Waals surface area contributed by atoms with Crippen LogP contribution in [0.15, 0.2) is 65.6 Å². The number of benzene rings is 3. The van der Waals surface area contributed by atoms with Crippen molar-refractivity contribution >= 4 is 27.3 Å². The number of carbonyl (C=O) groups excluding carboxylic acids is 1. The number of methoxy groups -OCH3 is 2. The Balaban J connectivity index is 1.73. The average molecular weight is 448 g/mol. The number of nitrogens with one attached hydrogen (secondary N) is 2. The maximum Gasteiger partial charge on any atom is 0.262 e. The highest BCUT2D eigenvalue weighted by molar-refractivity contribution is 7.92. The molecule has 0 unspecified atom stereocenters. The quantitative estimate of drug-likeness (QED) is 0.569. The first-order chi connectivity index (χ1) is 14.7. The lowest BCUT2D eigenvalue weighted by molar-refractivity contribution is 0.102. The van der Waals surface area contributed by atoms with Gasteiger partial charge in [-0.15, -0.1) is 0 Å². The molecule has 3 aromatic carbocycles. The Kier molecular flexibility index (Phi) is 6.40. The molecule has 0 spiro atoms. The number of hydrogen-bond acceptors (Lipinski definition) is 5. The number of hydrogen-bond donors (Lipinski definition) is 2. The van der Waals surface area contributed by atoms with Crippen LogP contribution >= 0.6 is 0 Å². The fraction of sp³-hybridized carbons (Fsp3) is 0.0952. The van der Waals surface area contributed by atoms with Crippen LogP contribution in [0.1, 0.15) is 10.4 Å². The zero-order valence-electron chi connectivity index (χ0n) is 16.5. The highest BCUT2D eigenvalue weighted by Crippen LogP contribution is 2.30. The standard InChI is InChI=1S/C21H18F2N2O5S/c1-29-19-10-8-16(12-20(19)30-2)31(27,28)25-14-5-3-13(4-6-14)21(26)24-15-7-9-17(22)18(23)11-15/h3-12,25H,1-2H3,(H,24,26). The van der Waals surface area contributed by atoms with Crippen LogP contribution < -0.4 is 19.5 Å². The van der Waals surface area contributed by atoms with Gasteiger partial charge in [0.2, 0.25) is 0 Å². The Morgan fingerprint density at radius 3 is 2.06 bits per heavy atom. The smallest absolute Gasteiger partial charge is 0.262 e. The normalized spacial score (nSPS) is 11.0. The van der Waals surface area contributed by atoms with Gasteiger partial charge in [-0.05, 0) is 48.5 Å². The molecule has 0 aliphatic carbocycles. The molecule has 0 heterocycles. The first-order valence-corrected chi connectivity index (χ1v) is 10.3. The van der Waals surface area contributed by atoms with Crippen molar-refractivity contribution < 1.29 is 31.5 Å². The Morgan fingerprint density at radius 2 is 1.45 bits per heavy atom. The maximum absolute atomic E-state index is 13.3. The predicted molar refractivity (Wildman–Crippen MR) is 111 cm³/mol. The number of amides is 1. The Hall–Kier alpha value is -3.66. The van der Waals surface area contributed by atoms with Crippen molar-refractivity contribution in [3.8, 4) is 11.5 Å². The minimum absolute atomic E-state index is 0.0368. The predicted octanol–water partition coefficient (Wildman–Crippen LogP) is 4.04. The number of halogens is 2. The van der Waals surface area contributed by atoms with Gasteiger partial charge in [0.15, 0.2) is 23.1 Å². The molecule has 0 aromatic heterocycles. The van der Waals surface area contributed by atoms with Gasteiger partial charge in [-0.25, -0.2) is 17.2 Å². The van der Waals surface area contributed by atoms with Crippen molar-refractivity contribution in [1.82, 2.24) is 0 Å². The lowest BCUT2D eigenvalue weighted by atomic mass is 10.2. The number of sulfonamides is 1. The van der Waals surface area contributed by atoms with E-state index in [1.807, 2.05) is 0 Å². The third-order valence-electron chi connectivity index (χ3n) is 4.24. The summed E-state index contributed by atoms with van der Waals surface area (Å²) in [4.78, 5) is 12.2. The van der Waals surface area contributed by atoms with Gasteiger partial charge in [0.1, 0.15) is 0 Å². The summed E-state index contributed by atoms with van der Waals surface area (Å²) in [5.74, 6) is -2.03. The summed E-state index contributed by atoms with van der Waals surface area (Å²) in [6.07, 6.45) is 0. The zero-order valence-corrected chi connectivity index (χ0v) is 17.3. The van der Waals surface area contributed by atoms with Gasteiger partial charge in [-0.2, -0.15) is 0 Å².